The van der Waals surface area contributed by atoms with Crippen LogP contribution in [-0.2, 0) is 18.8 Å². The Morgan fingerprint density at radius 1 is 0.903 bits per heavy atom. The molecule has 4 aromatic rings. The molecule has 1 aliphatic carbocycles. The van der Waals surface area contributed by atoms with Crippen molar-refractivity contribution in [1.29, 1.82) is 0 Å². The number of fused-ring (bicyclic) bond motifs is 1. The van der Waals surface area contributed by atoms with E-state index in [0.717, 1.165) is 32.6 Å². The van der Waals surface area contributed by atoms with Crippen molar-refractivity contribution in [3.05, 3.63) is 129 Å². The summed E-state index contributed by atoms with van der Waals surface area (Å²) >= 11 is 2.07. The van der Waals surface area contributed by atoms with Gasteiger partial charge < -0.3 is 29.6 Å². The summed E-state index contributed by atoms with van der Waals surface area (Å²) in [7, 11) is -1.60. The van der Waals surface area contributed by atoms with Gasteiger partial charge in [-0.05, 0) is 110 Å². The molecule has 0 spiro atoms. The second-order valence-corrected chi connectivity index (χ2v) is 22.8. The van der Waals surface area contributed by atoms with Gasteiger partial charge >= 0.3 is 5.97 Å². The molecule has 1 saturated heterocycles. The highest BCUT2D eigenvalue weighted by Crippen LogP contribution is 2.48. The van der Waals surface area contributed by atoms with Crippen LogP contribution in [0.5, 0.6) is 11.5 Å². The third kappa shape index (κ3) is 10.1. The number of amides is 2. The molecule has 12 heteroatoms. The molecule has 4 N–H and O–H groups in total. The average Bonchev–Trinajstić information content (AvgIpc) is 3.50. The molecule has 10 nitrogen and oxygen atoms in total. The zero-order valence-electron chi connectivity index (χ0n) is 35.9. The number of ether oxygens (including phenoxy) is 1. The molecule has 2 amide bonds. The number of phenolic OH excluding ortho intramolecular Hbond substituents is 1. The minimum absolute atomic E-state index is 0.0171. The molecule has 328 valence electrons. The number of carboxylic acids is 1. The van der Waals surface area contributed by atoms with Crippen LogP contribution in [-0.4, -0.2) is 84.4 Å². The molecule has 6 rings (SSSR count). The number of likely N-dealkylation sites (tertiary alicyclic amines) is 1. The van der Waals surface area contributed by atoms with Gasteiger partial charge in [0.1, 0.15) is 0 Å². The predicted molar refractivity (Wildman–Crippen MR) is 253 cm³/mol. The summed E-state index contributed by atoms with van der Waals surface area (Å²) < 4.78 is 13.5. The Labute approximate surface area is 379 Å². The fourth-order valence-corrected chi connectivity index (χ4v) is 14.7. The van der Waals surface area contributed by atoms with Crippen LogP contribution in [0.1, 0.15) is 76.8 Å². The lowest BCUT2D eigenvalue weighted by atomic mass is 9.68. The second kappa shape index (κ2) is 20.7. The number of unbranched alkanes of at least 4 members (excludes halogenated alkanes) is 2. The third-order valence-corrected chi connectivity index (χ3v) is 18.2. The number of hydrogen-bond acceptors (Lipinski definition) is 8. The van der Waals surface area contributed by atoms with E-state index in [1.165, 1.54) is 12.0 Å². The van der Waals surface area contributed by atoms with Gasteiger partial charge in [0.05, 0.1) is 41.8 Å². The van der Waals surface area contributed by atoms with Crippen molar-refractivity contribution in [2.75, 3.05) is 26.9 Å². The average molecular weight is 972 g/mol. The quantitative estimate of drug-likeness (QED) is 0.0184. The van der Waals surface area contributed by atoms with Crippen molar-refractivity contribution < 1.29 is 44.0 Å². The zero-order valence-corrected chi connectivity index (χ0v) is 39.1. The Balaban J connectivity index is 1.41. The molecular formula is C50H58INO9Si. The van der Waals surface area contributed by atoms with Gasteiger partial charge in [0, 0.05) is 18.9 Å². The Bertz CT molecular complexity index is 2220. The predicted octanol–water partition coefficient (Wildman–Crippen LogP) is 7.82. The highest BCUT2D eigenvalue weighted by molar-refractivity contribution is 14.1. The Morgan fingerprint density at radius 3 is 2.08 bits per heavy atom. The maximum atomic E-state index is 14.3. The summed E-state index contributed by atoms with van der Waals surface area (Å²) in [5, 5.41) is 45.2. The number of aromatic hydroxyl groups is 1. The normalized spacial score (nSPS) is 18.9. The number of phenols is 1. The number of aliphatic hydroxyl groups excluding tert-OH is 2. The van der Waals surface area contributed by atoms with E-state index in [4.69, 9.17) is 14.3 Å². The number of imide groups is 1. The number of nitrogens with zero attached hydrogens (tertiary/aromatic N) is 1. The number of rotatable bonds is 19. The van der Waals surface area contributed by atoms with Crippen molar-refractivity contribution in [1.82, 2.24) is 4.90 Å². The summed E-state index contributed by atoms with van der Waals surface area (Å²) in [6.45, 7) is 6.36. The zero-order chi connectivity index (χ0) is 44.6. The van der Waals surface area contributed by atoms with Gasteiger partial charge in [-0.25, -0.2) is 0 Å². The molecule has 4 aromatic carbocycles. The maximum Gasteiger partial charge on any atom is 0.303 e. The number of aliphatic hydroxyl groups is 2. The molecule has 1 fully saturated rings. The number of aliphatic carboxylic acids is 1. The molecule has 0 aromatic heterocycles. The van der Waals surface area contributed by atoms with Gasteiger partial charge in [-0.1, -0.05) is 124 Å². The van der Waals surface area contributed by atoms with Crippen LogP contribution in [0, 0.1) is 21.3 Å². The minimum atomic E-state index is -3.10. The molecule has 0 saturated carbocycles. The fourth-order valence-electron chi connectivity index (χ4n) is 9.49. The third-order valence-electron chi connectivity index (χ3n) is 12.4. The molecular weight excluding hydrogens is 914 g/mol. The van der Waals surface area contributed by atoms with Crippen molar-refractivity contribution in [3.8, 4) is 11.5 Å². The van der Waals surface area contributed by atoms with Crippen LogP contribution in [0.2, 0.25) is 5.04 Å². The number of benzene rings is 4. The molecule has 2 aliphatic rings. The highest BCUT2D eigenvalue weighted by atomic mass is 127. The second-order valence-electron chi connectivity index (χ2n) is 17.3. The number of halogens is 1. The molecule has 4 atom stereocenters. The van der Waals surface area contributed by atoms with Gasteiger partial charge in [0.25, 0.3) is 8.32 Å². The first-order valence-corrected chi connectivity index (χ1v) is 24.4. The van der Waals surface area contributed by atoms with Gasteiger partial charge in [0.2, 0.25) is 11.8 Å². The van der Waals surface area contributed by atoms with E-state index in [0.29, 0.717) is 40.6 Å². The Hall–Kier alpha value is -4.60. The molecule has 0 unspecified atom stereocenters. The SMILES string of the molecule is COc1cc(/C=C(/CC[C@@H](O)C2=C(CO[Si](c3ccccc3)(c3ccccc3)C(C)(C)C)C[C@H]3C(=O)N(CCCCCC(=O)O)C(=O)[C@H]3[C@H]2CO)c2ccccc2)cc(I)c1O. The largest absolute Gasteiger partial charge is 0.504 e. The number of carboxylic acid groups (broad SMARTS) is 1. The Kier molecular flexibility index (Phi) is 15.7. The molecule has 1 aliphatic heterocycles. The van der Waals surface area contributed by atoms with E-state index in [1.807, 2.05) is 78.9 Å². The topological polar surface area (TPSA) is 154 Å². The minimum Gasteiger partial charge on any atom is -0.504 e. The lowest BCUT2D eigenvalue weighted by Gasteiger charge is -2.44. The first kappa shape index (κ1) is 46.9. The standard InChI is InChI=1S/C50H58INO9Si/c1-50(2,3)62(37-19-11-6-12-20-37,38-21-13-7-14-22-38)61-32-36-30-39-46(49(59)52(48(39)58)26-16-8-15-23-44(55)56)40(31-53)45(36)42(54)25-24-35(34-17-9-5-10-18-34)27-33-28-41(51)47(57)43(29-33)60-4/h5-7,9-14,17-22,27-29,39-40,42,46,53-54,57H,8,15-16,23-26,30-32H2,1-4H3,(H,55,56)/b35-27-/t39-,40+,42-,46-/m1/s1. The number of carbonyl (C=O) groups is 3. The van der Waals surface area contributed by atoms with E-state index < -0.39 is 44.8 Å². The summed E-state index contributed by atoms with van der Waals surface area (Å²) in [6.07, 6.45) is 3.26. The van der Waals surface area contributed by atoms with Gasteiger partial charge in [0.15, 0.2) is 11.5 Å². The number of hydrogen-bond donors (Lipinski definition) is 4. The van der Waals surface area contributed by atoms with Crippen molar-refractivity contribution in [2.45, 2.75) is 76.9 Å². The van der Waals surface area contributed by atoms with Crippen molar-refractivity contribution >= 4 is 70.7 Å². The van der Waals surface area contributed by atoms with Crippen LogP contribution < -0.4 is 15.1 Å². The molecule has 0 radical (unpaired) electrons. The monoisotopic (exact) mass is 971 g/mol. The van der Waals surface area contributed by atoms with Gasteiger partial charge in [-0.2, -0.15) is 0 Å². The van der Waals surface area contributed by atoms with Crippen molar-refractivity contribution in [2.24, 2.45) is 17.8 Å². The first-order chi connectivity index (χ1) is 29.7. The lowest BCUT2D eigenvalue weighted by Crippen LogP contribution is -2.66. The van der Waals surface area contributed by atoms with Crippen LogP contribution in [0.15, 0.2) is 114 Å². The first-order valence-electron chi connectivity index (χ1n) is 21.4. The van der Waals surface area contributed by atoms with Crippen LogP contribution in [0.4, 0.5) is 0 Å². The van der Waals surface area contributed by atoms with Crippen LogP contribution in [0.3, 0.4) is 0 Å². The van der Waals surface area contributed by atoms with E-state index in [2.05, 4.69) is 67.6 Å². The molecule has 62 heavy (non-hydrogen) atoms. The molecule has 0 bridgehead atoms. The number of methoxy groups -OCH3 is 1. The van der Waals surface area contributed by atoms with E-state index >= 15 is 0 Å². The van der Waals surface area contributed by atoms with Crippen molar-refractivity contribution in [3.63, 3.8) is 0 Å². The van der Waals surface area contributed by atoms with E-state index in [-0.39, 0.29) is 55.0 Å². The summed E-state index contributed by atoms with van der Waals surface area (Å²) in [5.74, 6) is -3.58. The Morgan fingerprint density at radius 2 is 1.52 bits per heavy atom. The van der Waals surface area contributed by atoms with Crippen LogP contribution >= 0.6 is 22.6 Å². The maximum absolute atomic E-state index is 14.3. The smallest absolute Gasteiger partial charge is 0.303 e. The highest BCUT2D eigenvalue weighted by Gasteiger charge is 2.56. The van der Waals surface area contributed by atoms with E-state index in [1.54, 1.807) is 6.07 Å². The summed E-state index contributed by atoms with van der Waals surface area (Å²) in [5.41, 5.74) is 3.95. The number of carbonyl (C=O) groups excluding carboxylic acids is 2. The number of allylic oxidation sites excluding steroid dienone is 1. The lowest BCUT2D eigenvalue weighted by molar-refractivity contribution is -0.141. The summed E-state index contributed by atoms with van der Waals surface area (Å²) in [6, 6.07) is 34.0. The van der Waals surface area contributed by atoms with Gasteiger partial charge in [-0.3, -0.25) is 19.3 Å². The fraction of sp³-hybridized carbons (Fsp3) is 0.380. The van der Waals surface area contributed by atoms with E-state index in [9.17, 15) is 29.7 Å². The van der Waals surface area contributed by atoms with Crippen LogP contribution in [0.25, 0.3) is 11.6 Å². The molecule has 1 heterocycles. The van der Waals surface area contributed by atoms with Gasteiger partial charge in [-0.15, -0.1) is 0 Å². The summed E-state index contributed by atoms with van der Waals surface area (Å²) in [4.78, 5) is 40.9.